The lowest BCUT2D eigenvalue weighted by Crippen LogP contribution is -2.52. The Kier molecular flexibility index (Phi) is 4.79. The number of nitrogens with zero attached hydrogens (tertiary/aromatic N) is 2. The second-order valence-electron chi connectivity index (χ2n) is 5.77. The average molecular weight is 241 g/mol. The predicted octanol–water partition coefficient (Wildman–Crippen LogP) is 0.376. The fourth-order valence-corrected chi connectivity index (χ4v) is 3.02. The number of ether oxygens (including phenoxy) is 1. The molecule has 3 atom stereocenters. The van der Waals surface area contributed by atoms with Crippen LogP contribution in [0.3, 0.4) is 0 Å². The molecule has 0 bridgehead atoms. The molecular formula is C13H27N3O. The van der Waals surface area contributed by atoms with E-state index in [2.05, 4.69) is 23.8 Å². The van der Waals surface area contributed by atoms with Gasteiger partial charge in [0.1, 0.15) is 0 Å². The molecule has 0 amide bonds. The third-order valence-corrected chi connectivity index (χ3v) is 4.15. The minimum absolute atomic E-state index is 0.371. The van der Waals surface area contributed by atoms with Gasteiger partial charge in [-0.3, -0.25) is 4.90 Å². The van der Waals surface area contributed by atoms with E-state index in [9.17, 15) is 0 Å². The van der Waals surface area contributed by atoms with Crippen LogP contribution >= 0.6 is 0 Å². The topological polar surface area (TPSA) is 41.7 Å². The Morgan fingerprint density at radius 3 is 2.88 bits per heavy atom. The van der Waals surface area contributed by atoms with Crippen LogP contribution in [0.2, 0.25) is 0 Å². The summed E-state index contributed by atoms with van der Waals surface area (Å²) in [6.07, 6.45) is 2.93. The zero-order valence-electron chi connectivity index (χ0n) is 11.3. The van der Waals surface area contributed by atoms with Gasteiger partial charge in [-0.05, 0) is 32.4 Å². The first-order valence-corrected chi connectivity index (χ1v) is 6.93. The van der Waals surface area contributed by atoms with Gasteiger partial charge < -0.3 is 15.4 Å². The molecule has 2 saturated heterocycles. The van der Waals surface area contributed by atoms with Crippen molar-refractivity contribution >= 4 is 0 Å². The summed E-state index contributed by atoms with van der Waals surface area (Å²) in [7, 11) is 2.17. The fraction of sp³-hybridized carbons (Fsp3) is 1.00. The third-order valence-electron chi connectivity index (χ3n) is 4.15. The number of likely N-dealkylation sites (tertiary alicyclic amines) is 1. The summed E-state index contributed by atoms with van der Waals surface area (Å²) >= 11 is 0. The van der Waals surface area contributed by atoms with E-state index in [1.807, 2.05) is 0 Å². The maximum Gasteiger partial charge on any atom is 0.0829 e. The van der Waals surface area contributed by atoms with Crippen molar-refractivity contribution in [2.24, 2.45) is 11.7 Å². The summed E-state index contributed by atoms with van der Waals surface area (Å²) in [5, 5.41) is 0. The Morgan fingerprint density at radius 1 is 1.35 bits per heavy atom. The molecule has 2 heterocycles. The molecule has 2 fully saturated rings. The molecule has 0 saturated carbocycles. The third kappa shape index (κ3) is 3.65. The molecule has 2 aliphatic heterocycles. The van der Waals surface area contributed by atoms with E-state index in [-0.39, 0.29) is 0 Å². The molecule has 4 nitrogen and oxygen atoms in total. The van der Waals surface area contributed by atoms with Crippen LogP contribution in [-0.4, -0.2) is 68.3 Å². The van der Waals surface area contributed by atoms with E-state index in [4.69, 9.17) is 10.5 Å². The molecule has 2 aliphatic rings. The molecule has 0 aromatic rings. The molecule has 0 aliphatic carbocycles. The van der Waals surface area contributed by atoms with Gasteiger partial charge in [-0.1, -0.05) is 6.92 Å². The number of nitrogens with two attached hydrogens (primary N) is 1. The molecule has 2 rings (SSSR count). The van der Waals surface area contributed by atoms with Crippen molar-refractivity contribution in [3.05, 3.63) is 0 Å². The van der Waals surface area contributed by atoms with Gasteiger partial charge in [0.05, 0.1) is 12.7 Å². The highest BCUT2D eigenvalue weighted by molar-refractivity contribution is 4.84. The van der Waals surface area contributed by atoms with E-state index in [1.165, 1.54) is 19.4 Å². The maximum atomic E-state index is 5.90. The van der Waals surface area contributed by atoms with Crippen LogP contribution in [0, 0.1) is 5.92 Å². The van der Waals surface area contributed by atoms with Gasteiger partial charge in [-0.15, -0.1) is 0 Å². The standard InChI is InChI=1S/C13H27N3O/c1-11-3-4-16(12(7-11)8-14)10-13-9-15(2)5-6-17-13/h11-13H,3-10,14H2,1-2H3. The van der Waals surface area contributed by atoms with E-state index in [0.717, 1.165) is 38.7 Å². The summed E-state index contributed by atoms with van der Waals surface area (Å²) in [5.41, 5.74) is 5.90. The smallest absolute Gasteiger partial charge is 0.0829 e. The Morgan fingerprint density at radius 2 is 2.18 bits per heavy atom. The first-order valence-electron chi connectivity index (χ1n) is 6.93. The Hall–Kier alpha value is -0.160. The SMILES string of the molecule is CC1CCN(CC2CN(C)CCO2)C(CN)C1. The van der Waals surface area contributed by atoms with E-state index in [0.29, 0.717) is 12.1 Å². The molecule has 100 valence electrons. The Labute approximate surface area is 105 Å². The zero-order chi connectivity index (χ0) is 12.3. The monoisotopic (exact) mass is 241 g/mol. The van der Waals surface area contributed by atoms with Gasteiger partial charge in [-0.2, -0.15) is 0 Å². The molecule has 17 heavy (non-hydrogen) atoms. The van der Waals surface area contributed by atoms with Gasteiger partial charge in [0.25, 0.3) is 0 Å². The molecule has 0 radical (unpaired) electrons. The quantitative estimate of drug-likeness (QED) is 0.775. The number of rotatable bonds is 3. The summed E-state index contributed by atoms with van der Waals surface area (Å²) < 4.78 is 5.85. The number of likely N-dealkylation sites (N-methyl/N-ethyl adjacent to an activating group) is 1. The van der Waals surface area contributed by atoms with Crippen molar-refractivity contribution in [3.63, 3.8) is 0 Å². The number of morpholine rings is 1. The second-order valence-corrected chi connectivity index (χ2v) is 5.77. The Balaban J connectivity index is 1.84. The van der Waals surface area contributed by atoms with Crippen molar-refractivity contribution in [2.75, 3.05) is 46.4 Å². The normalized spacial score (nSPS) is 37.2. The van der Waals surface area contributed by atoms with E-state index in [1.54, 1.807) is 0 Å². The number of hydrogen-bond acceptors (Lipinski definition) is 4. The van der Waals surface area contributed by atoms with E-state index < -0.39 is 0 Å². The first kappa shape index (κ1) is 13.3. The van der Waals surface area contributed by atoms with Crippen LogP contribution in [0.25, 0.3) is 0 Å². The highest BCUT2D eigenvalue weighted by atomic mass is 16.5. The van der Waals surface area contributed by atoms with Crippen molar-refractivity contribution in [2.45, 2.75) is 31.9 Å². The van der Waals surface area contributed by atoms with Crippen LogP contribution in [0.1, 0.15) is 19.8 Å². The fourth-order valence-electron chi connectivity index (χ4n) is 3.02. The largest absolute Gasteiger partial charge is 0.374 e. The van der Waals surface area contributed by atoms with Gasteiger partial charge in [0, 0.05) is 32.2 Å². The molecule has 0 aromatic carbocycles. The predicted molar refractivity (Wildman–Crippen MR) is 70.1 cm³/mol. The van der Waals surface area contributed by atoms with Crippen LogP contribution in [0.4, 0.5) is 0 Å². The van der Waals surface area contributed by atoms with Gasteiger partial charge in [0.2, 0.25) is 0 Å². The van der Waals surface area contributed by atoms with Gasteiger partial charge in [0.15, 0.2) is 0 Å². The lowest BCUT2D eigenvalue weighted by molar-refractivity contribution is -0.0469. The van der Waals surface area contributed by atoms with Crippen molar-refractivity contribution < 1.29 is 4.74 Å². The van der Waals surface area contributed by atoms with E-state index >= 15 is 0 Å². The summed E-state index contributed by atoms with van der Waals surface area (Å²) in [6, 6.07) is 0.564. The number of piperidine rings is 1. The molecule has 4 heteroatoms. The van der Waals surface area contributed by atoms with Crippen molar-refractivity contribution in [1.82, 2.24) is 9.80 Å². The van der Waals surface area contributed by atoms with Crippen molar-refractivity contribution in [3.8, 4) is 0 Å². The minimum Gasteiger partial charge on any atom is -0.374 e. The minimum atomic E-state index is 0.371. The van der Waals surface area contributed by atoms with Crippen LogP contribution in [0.15, 0.2) is 0 Å². The Bertz CT molecular complexity index is 237. The van der Waals surface area contributed by atoms with Crippen molar-refractivity contribution in [1.29, 1.82) is 0 Å². The zero-order valence-corrected chi connectivity index (χ0v) is 11.3. The van der Waals surface area contributed by atoms with Crippen LogP contribution < -0.4 is 5.73 Å². The molecule has 2 N–H and O–H groups in total. The summed E-state index contributed by atoms with van der Waals surface area (Å²) in [5.74, 6) is 0.828. The second kappa shape index (κ2) is 6.14. The highest BCUT2D eigenvalue weighted by Crippen LogP contribution is 2.22. The highest BCUT2D eigenvalue weighted by Gasteiger charge is 2.28. The van der Waals surface area contributed by atoms with Gasteiger partial charge in [-0.25, -0.2) is 0 Å². The lowest BCUT2D eigenvalue weighted by atomic mass is 9.92. The maximum absolute atomic E-state index is 5.90. The van der Waals surface area contributed by atoms with Crippen LogP contribution in [0.5, 0.6) is 0 Å². The summed E-state index contributed by atoms with van der Waals surface area (Å²) in [4.78, 5) is 4.90. The molecule has 0 spiro atoms. The van der Waals surface area contributed by atoms with Gasteiger partial charge >= 0.3 is 0 Å². The molecule has 3 unspecified atom stereocenters. The number of hydrogen-bond donors (Lipinski definition) is 1. The molecule has 0 aromatic heterocycles. The average Bonchev–Trinajstić information content (AvgIpc) is 2.31. The molecular weight excluding hydrogens is 214 g/mol. The van der Waals surface area contributed by atoms with Crippen LogP contribution in [-0.2, 0) is 4.74 Å². The lowest BCUT2D eigenvalue weighted by Gasteiger charge is -2.41. The summed E-state index contributed by atoms with van der Waals surface area (Å²) in [6.45, 7) is 8.36. The first-order chi connectivity index (χ1) is 8.19.